The molecule has 0 amide bonds. The van der Waals surface area contributed by atoms with E-state index in [9.17, 15) is 4.39 Å². The van der Waals surface area contributed by atoms with E-state index in [2.05, 4.69) is 0 Å². The molecule has 1 saturated heterocycles. The van der Waals surface area contributed by atoms with E-state index in [0.717, 1.165) is 12.0 Å². The first kappa shape index (κ1) is 11.0. The molecule has 82 valence electrons. The molecule has 2 unspecified atom stereocenters. The molecule has 1 aromatic carbocycles. The normalized spacial score (nSPS) is 23.7. The van der Waals surface area contributed by atoms with Gasteiger partial charge < -0.3 is 5.73 Å². The van der Waals surface area contributed by atoms with E-state index in [4.69, 9.17) is 5.73 Å². The molecule has 0 spiro atoms. The first-order chi connectivity index (χ1) is 7.27. The van der Waals surface area contributed by atoms with Gasteiger partial charge in [-0.2, -0.15) is 11.8 Å². The first-order valence-electron chi connectivity index (χ1n) is 5.40. The van der Waals surface area contributed by atoms with Gasteiger partial charge in [-0.1, -0.05) is 18.6 Å². The topological polar surface area (TPSA) is 26.0 Å². The molecule has 2 atom stereocenters. The Morgan fingerprint density at radius 3 is 2.93 bits per heavy atom. The summed E-state index contributed by atoms with van der Waals surface area (Å²) in [4.78, 5) is 0. The van der Waals surface area contributed by atoms with Crippen molar-refractivity contribution in [3.05, 3.63) is 35.6 Å². The zero-order valence-electron chi connectivity index (χ0n) is 8.66. The van der Waals surface area contributed by atoms with Gasteiger partial charge >= 0.3 is 0 Å². The van der Waals surface area contributed by atoms with Gasteiger partial charge in [-0.3, -0.25) is 0 Å². The van der Waals surface area contributed by atoms with Crippen molar-refractivity contribution in [2.75, 3.05) is 5.75 Å². The lowest BCUT2D eigenvalue weighted by Gasteiger charge is -2.27. The quantitative estimate of drug-likeness (QED) is 0.837. The highest BCUT2D eigenvalue weighted by Gasteiger charge is 2.22. The molecule has 1 nitrogen and oxygen atoms in total. The standard InChI is InChI=1S/C12H16FNS/c13-10-5-3-4-9(8-10)12(14)11-6-1-2-7-15-11/h3-5,8,11-12H,1-2,6-7,14H2. The van der Waals surface area contributed by atoms with Gasteiger partial charge in [0.25, 0.3) is 0 Å². The van der Waals surface area contributed by atoms with E-state index in [0.29, 0.717) is 5.25 Å². The Labute approximate surface area is 94.2 Å². The maximum absolute atomic E-state index is 13.0. The van der Waals surface area contributed by atoms with Crippen LogP contribution in [0.15, 0.2) is 24.3 Å². The highest BCUT2D eigenvalue weighted by molar-refractivity contribution is 8.00. The lowest BCUT2D eigenvalue weighted by atomic mass is 10.0. The number of benzene rings is 1. The number of halogens is 1. The molecular formula is C12H16FNS. The monoisotopic (exact) mass is 225 g/mol. The van der Waals surface area contributed by atoms with Crippen molar-refractivity contribution < 1.29 is 4.39 Å². The van der Waals surface area contributed by atoms with E-state index < -0.39 is 0 Å². The van der Waals surface area contributed by atoms with Gasteiger partial charge in [-0.25, -0.2) is 4.39 Å². The van der Waals surface area contributed by atoms with Crippen LogP contribution in [0.1, 0.15) is 30.9 Å². The van der Waals surface area contributed by atoms with Gasteiger partial charge in [0.2, 0.25) is 0 Å². The van der Waals surface area contributed by atoms with Crippen LogP contribution in [-0.4, -0.2) is 11.0 Å². The Balaban J connectivity index is 2.08. The number of thioether (sulfide) groups is 1. The molecule has 0 aliphatic carbocycles. The highest BCUT2D eigenvalue weighted by atomic mass is 32.2. The van der Waals surface area contributed by atoms with Crippen LogP contribution in [-0.2, 0) is 0 Å². The van der Waals surface area contributed by atoms with Crippen molar-refractivity contribution in [3.8, 4) is 0 Å². The predicted molar refractivity (Wildman–Crippen MR) is 63.4 cm³/mol. The first-order valence-corrected chi connectivity index (χ1v) is 6.45. The van der Waals surface area contributed by atoms with Crippen LogP contribution in [0.2, 0.25) is 0 Å². The summed E-state index contributed by atoms with van der Waals surface area (Å²) in [6.45, 7) is 0. The molecule has 2 N–H and O–H groups in total. The zero-order chi connectivity index (χ0) is 10.7. The van der Waals surface area contributed by atoms with Crippen LogP contribution in [0.25, 0.3) is 0 Å². The van der Waals surface area contributed by atoms with Crippen LogP contribution in [0.5, 0.6) is 0 Å². The molecule has 1 fully saturated rings. The second-order valence-corrected chi connectivity index (χ2v) is 5.33. The molecule has 1 aromatic rings. The molecular weight excluding hydrogens is 209 g/mol. The highest BCUT2D eigenvalue weighted by Crippen LogP contribution is 2.33. The third-order valence-corrected chi connectivity index (χ3v) is 4.33. The van der Waals surface area contributed by atoms with Crippen LogP contribution >= 0.6 is 11.8 Å². The molecule has 1 aliphatic rings. The average molecular weight is 225 g/mol. The van der Waals surface area contributed by atoms with E-state index in [-0.39, 0.29) is 11.9 Å². The van der Waals surface area contributed by atoms with Crippen LogP contribution in [0.4, 0.5) is 4.39 Å². The Morgan fingerprint density at radius 1 is 1.40 bits per heavy atom. The molecule has 0 aromatic heterocycles. The third kappa shape index (κ3) is 2.73. The summed E-state index contributed by atoms with van der Waals surface area (Å²) in [5.41, 5.74) is 7.08. The van der Waals surface area contributed by atoms with Crippen LogP contribution < -0.4 is 5.73 Å². The second kappa shape index (κ2) is 4.99. The minimum absolute atomic E-state index is 0.0222. The van der Waals surface area contributed by atoms with Gasteiger partial charge in [-0.15, -0.1) is 0 Å². The smallest absolute Gasteiger partial charge is 0.123 e. The fourth-order valence-electron chi connectivity index (χ4n) is 1.98. The summed E-state index contributed by atoms with van der Waals surface area (Å²) in [5, 5.41) is 0.459. The van der Waals surface area contributed by atoms with Gasteiger partial charge in [0.15, 0.2) is 0 Å². The summed E-state index contributed by atoms with van der Waals surface area (Å²) in [5.74, 6) is 0.997. The van der Waals surface area contributed by atoms with Gasteiger partial charge in [0.1, 0.15) is 5.82 Å². The number of nitrogens with two attached hydrogens (primary N) is 1. The average Bonchev–Trinajstić information content (AvgIpc) is 2.29. The Kier molecular flexibility index (Phi) is 3.65. The van der Waals surface area contributed by atoms with E-state index in [1.165, 1.54) is 24.7 Å². The van der Waals surface area contributed by atoms with Gasteiger partial charge in [0, 0.05) is 11.3 Å². The van der Waals surface area contributed by atoms with Crippen molar-refractivity contribution in [2.45, 2.75) is 30.6 Å². The summed E-state index contributed by atoms with van der Waals surface area (Å²) in [7, 11) is 0. The maximum Gasteiger partial charge on any atom is 0.123 e. The summed E-state index contributed by atoms with van der Waals surface area (Å²) in [6, 6.07) is 6.65. The van der Waals surface area contributed by atoms with E-state index in [1.807, 2.05) is 17.8 Å². The Bertz CT molecular complexity index is 323. The van der Waals surface area contributed by atoms with E-state index in [1.54, 1.807) is 12.1 Å². The molecule has 1 aliphatic heterocycles. The van der Waals surface area contributed by atoms with Crippen LogP contribution in [0, 0.1) is 5.82 Å². The number of rotatable bonds is 2. The molecule has 3 heteroatoms. The van der Waals surface area contributed by atoms with Crippen molar-refractivity contribution >= 4 is 11.8 Å². The van der Waals surface area contributed by atoms with Gasteiger partial charge in [-0.05, 0) is 36.3 Å². The summed E-state index contributed by atoms with van der Waals surface area (Å²) in [6.07, 6.45) is 3.69. The third-order valence-electron chi connectivity index (χ3n) is 2.85. The number of hydrogen-bond acceptors (Lipinski definition) is 2. The molecule has 2 rings (SSSR count). The second-order valence-electron chi connectivity index (χ2n) is 3.99. The minimum atomic E-state index is -0.191. The maximum atomic E-state index is 13.0. The molecule has 0 radical (unpaired) electrons. The SMILES string of the molecule is NC(c1cccc(F)c1)C1CCCCS1. The van der Waals surface area contributed by atoms with Crippen molar-refractivity contribution in [1.29, 1.82) is 0 Å². The molecule has 0 saturated carbocycles. The summed E-state index contributed by atoms with van der Waals surface area (Å²) < 4.78 is 13.0. The Morgan fingerprint density at radius 2 is 2.27 bits per heavy atom. The summed E-state index contributed by atoms with van der Waals surface area (Å²) >= 11 is 1.92. The molecule has 1 heterocycles. The van der Waals surface area contributed by atoms with E-state index >= 15 is 0 Å². The fraction of sp³-hybridized carbons (Fsp3) is 0.500. The van der Waals surface area contributed by atoms with Crippen molar-refractivity contribution in [1.82, 2.24) is 0 Å². The fourth-order valence-corrected chi connectivity index (χ4v) is 3.35. The largest absolute Gasteiger partial charge is 0.323 e. The Hall–Kier alpha value is -0.540. The van der Waals surface area contributed by atoms with Crippen molar-refractivity contribution in [2.24, 2.45) is 5.73 Å². The number of hydrogen-bond donors (Lipinski definition) is 1. The molecule has 0 bridgehead atoms. The predicted octanol–water partition coefficient (Wildman–Crippen LogP) is 3.11. The minimum Gasteiger partial charge on any atom is -0.323 e. The lowest BCUT2D eigenvalue weighted by molar-refractivity contribution is 0.574. The molecule has 15 heavy (non-hydrogen) atoms. The van der Waals surface area contributed by atoms with Crippen molar-refractivity contribution in [3.63, 3.8) is 0 Å². The van der Waals surface area contributed by atoms with Crippen LogP contribution in [0.3, 0.4) is 0 Å². The zero-order valence-corrected chi connectivity index (χ0v) is 9.47. The van der Waals surface area contributed by atoms with Gasteiger partial charge in [0.05, 0.1) is 0 Å². The lowest BCUT2D eigenvalue weighted by Crippen LogP contribution is -2.26.